The maximum Gasteiger partial charge on any atom is 0.295 e. The van der Waals surface area contributed by atoms with Crippen LogP contribution in [-0.4, -0.2) is 100 Å². The van der Waals surface area contributed by atoms with Crippen LogP contribution in [0.15, 0.2) is 161 Å². The Labute approximate surface area is 445 Å². The molecule has 1 aliphatic rings. The summed E-state index contributed by atoms with van der Waals surface area (Å²) in [4.78, 5) is 15.3. The van der Waals surface area contributed by atoms with Gasteiger partial charge in [-0.15, -0.1) is 0 Å². The first-order valence-electron chi connectivity index (χ1n) is 19.6. The number of allylic oxidation sites excluding steroid dienone is 3. The third-order valence-corrected chi connectivity index (χ3v) is 15.2. The Hall–Kier alpha value is -5.80. The van der Waals surface area contributed by atoms with Crippen LogP contribution in [0.3, 0.4) is 0 Å². The minimum atomic E-state index is -4.61. The van der Waals surface area contributed by atoms with Crippen LogP contribution in [0.25, 0.3) is 29.0 Å². The zero-order valence-corrected chi connectivity index (χ0v) is 45.1. The van der Waals surface area contributed by atoms with Gasteiger partial charge in [0.2, 0.25) is 0 Å². The molecule has 0 bridgehead atoms. The average molecular weight is 1180 g/mol. The zero-order valence-electron chi connectivity index (χ0n) is 37.0. The van der Waals surface area contributed by atoms with E-state index in [0.29, 0.717) is 5.39 Å². The molecule has 29 heteroatoms. The summed E-state index contributed by atoms with van der Waals surface area (Å²) >= 11 is 17.8. The second-order valence-corrected chi connectivity index (χ2v) is 23.6. The van der Waals surface area contributed by atoms with Crippen LogP contribution in [0.1, 0.15) is 16.7 Å². The molecular formula is C44H34ClN5O14S9. The van der Waals surface area contributed by atoms with E-state index in [1.54, 1.807) is 12.1 Å². The molecule has 19 nitrogen and oxygen atoms in total. The van der Waals surface area contributed by atoms with Crippen molar-refractivity contribution in [2.45, 2.75) is 24.8 Å². The van der Waals surface area contributed by atoms with E-state index in [-0.39, 0.29) is 44.3 Å². The number of fused-ring (bicyclic) bond motifs is 1. The van der Waals surface area contributed by atoms with Crippen LogP contribution in [0.2, 0.25) is 0 Å². The fourth-order valence-electron chi connectivity index (χ4n) is 6.52. The van der Waals surface area contributed by atoms with Gasteiger partial charge in [-0.3, -0.25) is 18.2 Å². The lowest BCUT2D eigenvalue weighted by Crippen LogP contribution is -2.27. The maximum absolute atomic E-state index is 11.7. The predicted octanol–water partition coefficient (Wildman–Crippen LogP) is 9.76. The van der Waals surface area contributed by atoms with E-state index in [1.807, 2.05) is 37.2 Å². The molecule has 0 aromatic heterocycles. The van der Waals surface area contributed by atoms with Crippen LogP contribution in [0.5, 0.6) is 0 Å². The Morgan fingerprint density at radius 3 is 1.34 bits per heavy atom. The standard InChI is InChI=1S/C16H12N2O6S4.C16H10N2O6S4.C12H12ClNO2S/c2*19-27(20,21)15-7-13(17-9-25)5-3-11(15)1-2-12-4-6-14(18-10-26)8-16(12)28(22,23)24;1-14(2)11-7-3-6-10-9(11)5-4-8-12(10)17(13,15)16/h1-8,11,15H,(H,19,20,21)(H,22,23,24);1-8H,(H,19,20,21)(H,22,23,24);3-8H,1-2H3. The van der Waals surface area contributed by atoms with Crippen molar-refractivity contribution in [3.8, 4) is 0 Å². The van der Waals surface area contributed by atoms with Gasteiger partial charge in [0.1, 0.15) is 19.9 Å². The van der Waals surface area contributed by atoms with Crippen LogP contribution in [-0.2, 0) is 49.5 Å². The van der Waals surface area contributed by atoms with Crippen molar-refractivity contribution in [1.29, 1.82) is 0 Å². The zero-order chi connectivity index (χ0) is 54.5. The number of hydrogen-bond donors (Lipinski definition) is 4. The number of anilines is 1. The van der Waals surface area contributed by atoms with Gasteiger partial charge < -0.3 is 4.90 Å². The molecule has 5 aromatic rings. The van der Waals surface area contributed by atoms with E-state index in [4.69, 9.17) is 10.7 Å². The Bertz CT molecular complexity index is 3820. The van der Waals surface area contributed by atoms with Crippen LogP contribution < -0.4 is 4.90 Å². The first-order chi connectivity index (χ1) is 34.0. The molecule has 5 aromatic carbocycles. The first kappa shape index (κ1) is 59.8. The Morgan fingerprint density at radius 2 is 0.959 bits per heavy atom. The van der Waals surface area contributed by atoms with Gasteiger partial charge in [0, 0.05) is 47.2 Å². The second-order valence-electron chi connectivity index (χ2n) is 14.6. The molecule has 6 rings (SSSR count). The lowest BCUT2D eigenvalue weighted by molar-refractivity contribution is 0.467. The van der Waals surface area contributed by atoms with Crippen LogP contribution in [0, 0.1) is 5.92 Å². The molecule has 2 unspecified atom stereocenters. The van der Waals surface area contributed by atoms with Crippen LogP contribution >= 0.6 is 59.6 Å². The Balaban J connectivity index is 0.000000245. The van der Waals surface area contributed by atoms with Crippen molar-refractivity contribution in [2.75, 3.05) is 19.0 Å². The third kappa shape index (κ3) is 17.1. The molecule has 380 valence electrons. The van der Waals surface area contributed by atoms with Gasteiger partial charge in [0.15, 0.2) is 0 Å². The van der Waals surface area contributed by atoms with Gasteiger partial charge in [-0.25, -0.2) is 8.42 Å². The summed E-state index contributed by atoms with van der Waals surface area (Å²) in [5.41, 5.74) is 1.83. The molecule has 73 heavy (non-hydrogen) atoms. The van der Waals surface area contributed by atoms with Gasteiger partial charge in [-0.2, -0.15) is 53.6 Å². The average Bonchev–Trinajstić information content (AvgIpc) is 3.30. The predicted molar refractivity (Wildman–Crippen MR) is 293 cm³/mol. The van der Waals surface area contributed by atoms with Gasteiger partial charge in [-0.1, -0.05) is 72.8 Å². The number of hydrogen-bond acceptors (Lipinski definition) is 19. The van der Waals surface area contributed by atoms with Crippen molar-refractivity contribution in [3.05, 3.63) is 138 Å². The van der Waals surface area contributed by atoms with E-state index in [1.165, 1.54) is 85.0 Å². The fraction of sp³-hybridized carbons (Fsp3) is 0.0909. The van der Waals surface area contributed by atoms with Crippen molar-refractivity contribution in [3.63, 3.8) is 0 Å². The summed E-state index contributed by atoms with van der Waals surface area (Å²) < 4.78 is 154. The molecule has 2 atom stereocenters. The SMILES string of the molecule is CN(C)c1cccc2c(S(=O)(=O)Cl)cccc12.O=S(=O)(O)c1cc(N=C=S)ccc1C=CC1C=CC(N=C=S)=CC1S(=O)(=O)O.O=S(=O)(O)c1cc(N=C=S)ccc1C=Cc1ccc(N=C=S)cc1S(=O)(=O)O. The number of benzene rings is 5. The lowest BCUT2D eigenvalue weighted by atomic mass is 9.97. The molecule has 0 fully saturated rings. The molecule has 1 aliphatic carbocycles. The highest BCUT2D eigenvalue weighted by atomic mass is 35.7. The summed E-state index contributed by atoms with van der Waals surface area (Å²) in [6, 6.07) is 22.2. The quantitative estimate of drug-likeness (QED) is 0.0264. The minimum absolute atomic E-state index is 0.0492. The number of thiocarbonyl (C=S) groups is 4. The number of isothiocyanates is 4. The molecule has 4 N–H and O–H groups in total. The van der Waals surface area contributed by atoms with Crippen molar-refractivity contribution in [2.24, 2.45) is 25.9 Å². The second kappa shape index (κ2) is 25.4. The monoisotopic (exact) mass is 1180 g/mol. The summed E-state index contributed by atoms with van der Waals surface area (Å²) in [7, 11) is -12.8. The minimum Gasteiger partial charge on any atom is -0.377 e. The third-order valence-electron chi connectivity index (χ3n) is 9.62. The highest BCUT2D eigenvalue weighted by Gasteiger charge is 2.30. The Morgan fingerprint density at radius 1 is 0.548 bits per heavy atom. The van der Waals surface area contributed by atoms with Crippen LogP contribution in [0.4, 0.5) is 22.7 Å². The van der Waals surface area contributed by atoms with Gasteiger partial charge in [0.25, 0.3) is 49.5 Å². The number of rotatable bonds is 14. The molecular weight excluding hydrogens is 1150 g/mol. The highest BCUT2D eigenvalue weighted by molar-refractivity contribution is 8.14. The van der Waals surface area contributed by atoms with E-state index in [9.17, 15) is 60.3 Å². The lowest BCUT2D eigenvalue weighted by Gasteiger charge is -2.19. The van der Waals surface area contributed by atoms with Gasteiger partial charge in [-0.05, 0) is 126 Å². The Kier molecular flexibility index (Phi) is 20.8. The summed E-state index contributed by atoms with van der Waals surface area (Å²) in [5, 5.41) is 8.50. The summed E-state index contributed by atoms with van der Waals surface area (Å²) in [6.45, 7) is 0. The largest absolute Gasteiger partial charge is 0.377 e. The normalized spacial score (nSPS) is 14.7. The molecule has 0 saturated heterocycles. The summed E-state index contributed by atoms with van der Waals surface area (Å²) in [5.74, 6) is -0.827. The first-order valence-corrected chi connectivity index (χ1v) is 29.3. The van der Waals surface area contributed by atoms with Crippen molar-refractivity contribution < 1.29 is 60.3 Å². The molecule has 0 amide bonds. The fourth-order valence-corrected chi connectivity index (χ4v) is 11.0. The molecule has 0 aliphatic heterocycles. The molecule has 0 spiro atoms. The van der Waals surface area contributed by atoms with E-state index >= 15 is 0 Å². The van der Waals surface area contributed by atoms with E-state index in [2.05, 4.69) is 89.5 Å². The molecule has 0 heterocycles. The number of nitrogens with zero attached hydrogens (tertiary/aromatic N) is 5. The smallest absolute Gasteiger partial charge is 0.295 e. The highest BCUT2D eigenvalue weighted by Crippen LogP contribution is 2.33. The summed E-state index contributed by atoms with van der Waals surface area (Å²) in [6.07, 6.45) is 9.32. The van der Waals surface area contributed by atoms with E-state index in [0.717, 1.165) is 29.3 Å². The van der Waals surface area contributed by atoms with E-state index < -0.39 is 75.4 Å². The van der Waals surface area contributed by atoms with Gasteiger partial charge >= 0.3 is 0 Å². The number of aliphatic imine (C=N–C) groups is 4. The van der Waals surface area contributed by atoms with Crippen molar-refractivity contribution in [1.82, 2.24) is 0 Å². The molecule has 0 radical (unpaired) electrons. The van der Waals surface area contributed by atoms with Crippen molar-refractivity contribution >= 4 is 181 Å². The van der Waals surface area contributed by atoms with Gasteiger partial charge in [0.05, 0.1) is 48.3 Å². The topological polar surface area (TPSA) is 304 Å². The maximum atomic E-state index is 11.7. The molecule has 0 saturated carbocycles. The number of halogens is 1.